The highest BCUT2D eigenvalue weighted by molar-refractivity contribution is 7.88. The summed E-state index contributed by atoms with van der Waals surface area (Å²) in [6.45, 7) is 2.21. The zero-order valence-electron chi connectivity index (χ0n) is 27.1. The maximum absolute atomic E-state index is 14.3. The number of esters is 1. The van der Waals surface area contributed by atoms with E-state index in [-0.39, 0.29) is 45.3 Å². The van der Waals surface area contributed by atoms with Gasteiger partial charge in [-0.2, -0.15) is 15.1 Å². The molecule has 0 amide bonds. The standard InChI is InChI=1S/C28H32Cl3N8O10PS/c1-14(24(41)46-12-17-18(30)6-5-7-19(17)31)36-50(43,48-16-10-8-15(29)9-11-16)49-25-21(40)28(2,42)26(47-25)39-13-33-20-22(34-27(32)35-23(20)39)38(3)37-51(4,44)45/h5-11,13-14,21,25-26,37,40,42H,12H2,1-4H3,(H,36,43)(H2,32,34,35)/t14-,21?,25?,26+,28+,50?/m0/s1. The van der Waals surface area contributed by atoms with E-state index in [0.717, 1.165) is 11.3 Å². The molecule has 3 unspecified atom stereocenters. The first kappa shape index (κ1) is 38.9. The summed E-state index contributed by atoms with van der Waals surface area (Å²) in [5.41, 5.74) is 4.08. The quantitative estimate of drug-likeness (QED) is 0.0740. The number of hydrogen-bond acceptors (Lipinski definition) is 15. The average Bonchev–Trinajstić information content (AvgIpc) is 3.53. The van der Waals surface area contributed by atoms with Crippen molar-refractivity contribution in [2.45, 2.75) is 50.7 Å². The molecule has 18 nitrogen and oxygen atoms in total. The van der Waals surface area contributed by atoms with Gasteiger partial charge in [-0.05, 0) is 50.2 Å². The van der Waals surface area contributed by atoms with Gasteiger partial charge in [-0.25, -0.2) is 18.0 Å². The van der Waals surface area contributed by atoms with E-state index in [4.69, 9.17) is 59.1 Å². The van der Waals surface area contributed by atoms with Gasteiger partial charge in [0.15, 0.2) is 23.2 Å². The normalized spacial score (nSPS) is 22.4. The maximum atomic E-state index is 14.3. The molecule has 0 saturated carbocycles. The van der Waals surface area contributed by atoms with Crippen LogP contribution in [-0.4, -0.2) is 81.5 Å². The number of aliphatic hydroxyl groups is 2. The Hall–Kier alpha value is -3.33. The van der Waals surface area contributed by atoms with E-state index in [9.17, 15) is 28.0 Å². The van der Waals surface area contributed by atoms with E-state index in [2.05, 4.69) is 24.9 Å². The molecule has 1 fully saturated rings. The fraction of sp³-hybridized carbons (Fsp3) is 0.357. The van der Waals surface area contributed by atoms with Gasteiger partial charge in [-0.1, -0.05) is 40.9 Å². The van der Waals surface area contributed by atoms with Crippen LogP contribution >= 0.6 is 42.5 Å². The van der Waals surface area contributed by atoms with Crippen LogP contribution in [0.5, 0.6) is 5.75 Å². The lowest BCUT2D eigenvalue weighted by Gasteiger charge is -2.27. The number of carbonyl (C=O) groups excluding carboxylic acids is 1. The SMILES string of the molecule is C[C@H](NP(=O)(Oc1ccc(Cl)cc1)OC1O[C@@H](n2cnc3c(N(C)NS(C)(=O)=O)nc(N)nc32)[C@](C)(O)C1O)C(=O)OCc1c(Cl)cccc1Cl. The van der Waals surface area contributed by atoms with Gasteiger partial charge in [0.2, 0.25) is 22.3 Å². The molecule has 51 heavy (non-hydrogen) atoms. The lowest BCUT2D eigenvalue weighted by Crippen LogP contribution is -2.44. The Balaban J connectivity index is 1.42. The molecule has 1 aliphatic heterocycles. The van der Waals surface area contributed by atoms with E-state index in [1.165, 1.54) is 56.1 Å². The van der Waals surface area contributed by atoms with Crippen LogP contribution in [0.1, 0.15) is 25.6 Å². The van der Waals surface area contributed by atoms with Crippen molar-refractivity contribution in [1.29, 1.82) is 0 Å². The number of benzene rings is 2. The van der Waals surface area contributed by atoms with Gasteiger partial charge in [0, 0.05) is 27.7 Å². The van der Waals surface area contributed by atoms with Crippen molar-refractivity contribution in [2.24, 2.45) is 0 Å². The number of halogens is 3. The number of hydrogen-bond donors (Lipinski definition) is 5. The molecule has 2 aromatic carbocycles. The number of nitrogen functional groups attached to an aromatic ring is 1. The minimum Gasteiger partial charge on any atom is -0.460 e. The first-order chi connectivity index (χ1) is 23.8. The van der Waals surface area contributed by atoms with Crippen molar-refractivity contribution < 1.29 is 46.5 Å². The first-order valence-electron chi connectivity index (χ1n) is 14.7. The summed E-state index contributed by atoms with van der Waals surface area (Å²) in [5, 5.41) is 27.1. The molecule has 2 aromatic heterocycles. The van der Waals surface area contributed by atoms with Gasteiger partial charge in [-0.3, -0.25) is 18.9 Å². The largest absolute Gasteiger partial charge is 0.461 e. The number of aliphatic hydroxyl groups excluding tert-OH is 1. The Kier molecular flexibility index (Phi) is 11.4. The molecule has 0 spiro atoms. The predicted molar refractivity (Wildman–Crippen MR) is 186 cm³/mol. The lowest BCUT2D eigenvalue weighted by molar-refractivity contribution is -0.147. The van der Waals surface area contributed by atoms with Gasteiger partial charge < -0.3 is 29.9 Å². The number of imidazole rings is 1. The third kappa shape index (κ3) is 8.83. The molecule has 23 heteroatoms. The molecule has 6 N–H and O–H groups in total. The number of carbonyl (C=O) groups is 1. The van der Waals surface area contributed by atoms with Crippen LogP contribution in [0, 0.1) is 0 Å². The number of anilines is 2. The van der Waals surface area contributed by atoms with E-state index >= 15 is 0 Å². The topological polar surface area (TPSA) is 243 Å². The van der Waals surface area contributed by atoms with Crippen LogP contribution in [0.3, 0.4) is 0 Å². The monoisotopic (exact) mass is 808 g/mol. The van der Waals surface area contributed by atoms with Gasteiger partial charge in [0.25, 0.3) is 0 Å². The Labute approximate surface area is 306 Å². The van der Waals surface area contributed by atoms with Gasteiger partial charge in [-0.15, -0.1) is 4.83 Å². The highest BCUT2D eigenvalue weighted by atomic mass is 35.5. The zero-order chi connectivity index (χ0) is 37.5. The highest BCUT2D eigenvalue weighted by Gasteiger charge is 2.56. The van der Waals surface area contributed by atoms with E-state index in [1.807, 2.05) is 0 Å². The zero-order valence-corrected chi connectivity index (χ0v) is 31.1. The van der Waals surface area contributed by atoms with Crippen molar-refractivity contribution in [3.05, 3.63) is 69.4 Å². The number of sulfonamides is 1. The molecule has 0 aliphatic carbocycles. The van der Waals surface area contributed by atoms with Crippen molar-refractivity contribution in [1.82, 2.24) is 29.4 Å². The smallest absolute Gasteiger partial charge is 0.460 e. The Morgan fingerprint density at radius 2 is 1.84 bits per heavy atom. The lowest BCUT2D eigenvalue weighted by atomic mass is 9.99. The molecule has 5 rings (SSSR count). The number of rotatable bonds is 13. The van der Waals surface area contributed by atoms with Gasteiger partial charge in [0.1, 0.15) is 30.1 Å². The molecule has 1 saturated heterocycles. The second-order valence-corrected chi connectivity index (χ2v) is 16.1. The Morgan fingerprint density at radius 3 is 2.47 bits per heavy atom. The predicted octanol–water partition coefficient (Wildman–Crippen LogP) is 3.16. The number of nitrogens with two attached hydrogens (primary N) is 1. The molecule has 6 atom stereocenters. The second-order valence-electron chi connectivity index (χ2n) is 11.5. The number of nitrogens with one attached hydrogen (secondary N) is 2. The van der Waals surface area contributed by atoms with Crippen LogP contribution in [0.2, 0.25) is 15.1 Å². The third-order valence-corrected chi connectivity index (χ3v) is 10.5. The fourth-order valence-electron chi connectivity index (χ4n) is 4.88. The molecule has 276 valence electrons. The van der Waals surface area contributed by atoms with Crippen LogP contribution < -0.4 is 25.2 Å². The second kappa shape index (κ2) is 15.0. The molecular formula is C28H32Cl3N8O10PS. The van der Waals surface area contributed by atoms with Crippen LogP contribution in [0.4, 0.5) is 11.8 Å². The molecule has 3 heterocycles. The number of hydrazine groups is 1. The Morgan fingerprint density at radius 1 is 1.20 bits per heavy atom. The van der Waals surface area contributed by atoms with Crippen LogP contribution in [0.25, 0.3) is 11.2 Å². The molecule has 0 bridgehead atoms. The fourth-order valence-corrected chi connectivity index (χ4v) is 7.67. The number of fused-ring (bicyclic) bond motifs is 1. The van der Waals surface area contributed by atoms with Crippen molar-refractivity contribution in [2.75, 3.05) is 24.0 Å². The summed E-state index contributed by atoms with van der Waals surface area (Å²) in [7, 11) is -7.09. The van der Waals surface area contributed by atoms with Crippen LogP contribution in [0.15, 0.2) is 48.8 Å². The van der Waals surface area contributed by atoms with Crippen molar-refractivity contribution >= 4 is 81.5 Å². The summed E-state index contributed by atoms with van der Waals surface area (Å²) >= 11 is 18.3. The van der Waals surface area contributed by atoms with E-state index in [0.29, 0.717) is 10.6 Å². The summed E-state index contributed by atoms with van der Waals surface area (Å²) in [6.07, 6.45) is -3.19. The van der Waals surface area contributed by atoms with Gasteiger partial charge in [0.05, 0.1) is 12.6 Å². The van der Waals surface area contributed by atoms with Crippen molar-refractivity contribution in [3.63, 3.8) is 0 Å². The van der Waals surface area contributed by atoms with Gasteiger partial charge >= 0.3 is 13.7 Å². The summed E-state index contributed by atoms with van der Waals surface area (Å²) in [4.78, 5) is 27.7. The maximum Gasteiger partial charge on any atom is 0.461 e. The Bertz CT molecular complexity index is 2070. The minimum absolute atomic E-state index is 0.0124. The number of aromatic nitrogens is 4. The molecule has 0 radical (unpaired) electrons. The van der Waals surface area contributed by atoms with E-state index < -0.39 is 54.0 Å². The molecule has 1 aliphatic rings. The van der Waals surface area contributed by atoms with E-state index in [1.54, 1.807) is 18.2 Å². The summed E-state index contributed by atoms with van der Waals surface area (Å²) < 4.78 is 61.8. The molecule has 4 aromatic rings. The molecular weight excluding hydrogens is 778 g/mol. The highest BCUT2D eigenvalue weighted by Crippen LogP contribution is 2.51. The number of nitrogens with zero attached hydrogens (tertiary/aromatic N) is 5. The van der Waals surface area contributed by atoms with Crippen LogP contribution in [-0.2, 0) is 40.0 Å². The third-order valence-electron chi connectivity index (χ3n) is 7.32. The number of ether oxygens (including phenoxy) is 2. The minimum atomic E-state index is -4.71. The summed E-state index contributed by atoms with van der Waals surface area (Å²) in [6, 6.07) is 9.05. The first-order valence-corrected chi connectivity index (χ1v) is 19.2. The van der Waals surface area contributed by atoms with Crippen molar-refractivity contribution in [3.8, 4) is 5.75 Å². The summed E-state index contributed by atoms with van der Waals surface area (Å²) in [5.74, 6) is -1.26. The average molecular weight is 810 g/mol.